The average Bonchev–Trinajstić information content (AvgIpc) is 2.85. The zero-order valence-electron chi connectivity index (χ0n) is 13.2. The molecular formula is C16H27N3O2. The van der Waals surface area contributed by atoms with Crippen LogP contribution in [0.25, 0.3) is 0 Å². The van der Waals surface area contributed by atoms with Gasteiger partial charge in [-0.2, -0.15) is 4.98 Å². The van der Waals surface area contributed by atoms with Crippen molar-refractivity contribution in [2.24, 2.45) is 11.8 Å². The van der Waals surface area contributed by atoms with Crippen molar-refractivity contribution in [3.05, 3.63) is 11.7 Å². The van der Waals surface area contributed by atoms with Crippen LogP contribution >= 0.6 is 0 Å². The molecule has 0 aromatic carbocycles. The van der Waals surface area contributed by atoms with Gasteiger partial charge in [0.2, 0.25) is 5.89 Å². The van der Waals surface area contributed by atoms with Crippen molar-refractivity contribution in [1.29, 1.82) is 0 Å². The Morgan fingerprint density at radius 1 is 1.38 bits per heavy atom. The quantitative estimate of drug-likeness (QED) is 0.923. The van der Waals surface area contributed by atoms with Crippen molar-refractivity contribution < 1.29 is 9.63 Å². The standard InChI is InChI=1S/C16H27N3O2/c1-12(2)9-15-17-14(18-21-15)11-19-8-7-16(20)6-4-3-5-13(16)10-19/h12-13,20H,3-11H2,1-2H3. The Balaban J connectivity index is 1.57. The summed E-state index contributed by atoms with van der Waals surface area (Å²) in [5.74, 6) is 2.48. The van der Waals surface area contributed by atoms with Gasteiger partial charge in [-0.3, -0.25) is 4.90 Å². The Morgan fingerprint density at radius 2 is 2.24 bits per heavy atom. The van der Waals surface area contributed by atoms with Crippen LogP contribution in [0.1, 0.15) is 57.7 Å². The highest BCUT2D eigenvalue weighted by molar-refractivity contribution is 4.97. The molecule has 1 aliphatic heterocycles. The number of likely N-dealkylation sites (tertiary alicyclic amines) is 1. The van der Waals surface area contributed by atoms with Crippen molar-refractivity contribution in [1.82, 2.24) is 15.0 Å². The van der Waals surface area contributed by atoms with E-state index in [0.717, 1.165) is 57.0 Å². The first-order valence-electron chi connectivity index (χ1n) is 8.31. The molecule has 1 saturated heterocycles. The molecule has 5 heteroatoms. The van der Waals surface area contributed by atoms with Gasteiger partial charge >= 0.3 is 0 Å². The smallest absolute Gasteiger partial charge is 0.226 e. The molecule has 1 aromatic rings. The van der Waals surface area contributed by atoms with Gasteiger partial charge in [0.05, 0.1) is 12.1 Å². The Morgan fingerprint density at radius 3 is 3.05 bits per heavy atom. The molecule has 2 fully saturated rings. The predicted octanol–water partition coefficient (Wildman–Crippen LogP) is 2.40. The lowest BCUT2D eigenvalue weighted by atomic mass is 9.71. The molecule has 1 aromatic heterocycles. The van der Waals surface area contributed by atoms with E-state index in [-0.39, 0.29) is 0 Å². The Labute approximate surface area is 126 Å². The maximum atomic E-state index is 10.7. The van der Waals surface area contributed by atoms with E-state index in [1.807, 2.05) is 0 Å². The van der Waals surface area contributed by atoms with Gasteiger partial charge in [-0.1, -0.05) is 31.8 Å². The molecule has 2 aliphatic rings. The summed E-state index contributed by atoms with van der Waals surface area (Å²) in [7, 11) is 0. The maximum Gasteiger partial charge on any atom is 0.226 e. The number of rotatable bonds is 4. The number of piperidine rings is 1. The first-order chi connectivity index (χ1) is 10.0. The van der Waals surface area contributed by atoms with Crippen molar-refractivity contribution in [3.8, 4) is 0 Å². The van der Waals surface area contributed by atoms with Gasteiger partial charge in [-0.05, 0) is 25.2 Å². The molecule has 2 heterocycles. The zero-order chi connectivity index (χ0) is 14.9. The third-order valence-corrected chi connectivity index (χ3v) is 4.97. The molecule has 0 spiro atoms. The normalized spacial score (nSPS) is 30.6. The van der Waals surface area contributed by atoms with E-state index in [1.54, 1.807) is 0 Å². The topological polar surface area (TPSA) is 62.4 Å². The summed E-state index contributed by atoms with van der Waals surface area (Å²) in [6.07, 6.45) is 6.28. The van der Waals surface area contributed by atoms with Gasteiger partial charge in [-0.25, -0.2) is 0 Å². The minimum absolute atomic E-state index is 0.408. The van der Waals surface area contributed by atoms with Crippen LogP contribution < -0.4 is 0 Å². The van der Waals surface area contributed by atoms with Crippen molar-refractivity contribution >= 4 is 0 Å². The van der Waals surface area contributed by atoms with E-state index < -0.39 is 5.60 Å². The van der Waals surface area contributed by atoms with E-state index in [1.165, 1.54) is 12.8 Å². The zero-order valence-corrected chi connectivity index (χ0v) is 13.2. The Kier molecular flexibility index (Phi) is 4.31. The molecule has 0 bridgehead atoms. The van der Waals surface area contributed by atoms with Gasteiger partial charge in [0.15, 0.2) is 5.82 Å². The SMILES string of the molecule is CC(C)Cc1nc(CN2CCC3(O)CCCCC3C2)no1. The lowest BCUT2D eigenvalue weighted by Crippen LogP contribution is -2.53. The van der Waals surface area contributed by atoms with Gasteiger partial charge in [0.25, 0.3) is 0 Å². The minimum atomic E-state index is -0.408. The van der Waals surface area contributed by atoms with Gasteiger partial charge < -0.3 is 9.63 Å². The second kappa shape index (κ2) is 6.05. The number of hydrogen-bond acceptors (Lipinski definition) is 5. The third kappa shape index (κ3) is 3.46. The maximum absolute atomic E-state index is 10.7. The molecule has 0 amide bonds. The molecule has 3 rings (SSSR count). The molecule has 1 saturated carbocycles. The van der Waals surface area contributed by atoms with Crippen LogP contribution in [0.2, 0.25) is 0 Å². The molecule has 1 N–H and O–H groups in total. The van der Waals surface area contributed by atoms with Crippen molar-refractivity contribution in [2.75, 3.05) is 13.1 Å². The highest BCUT2D eigenvalue weighted by atomic mass is 16.5. The number of hydrogen-bond donors (Lipinski definition) is 1. The Hall–Kier alpha value is -0.940. The molecular weight excluding hydrogens is 266 g/mol. The van der Waals surface area contributed by atoms with E-state index >= 15 is 0 Å². The van der Waals surface area contributed by atoms with Crippen LogP contribution in [0.15, 0.2) is 4.52 Å². The highest BCUT2D eigenvalue weighted by Gasteiger charge is 2.42. The minimum Gasteiger partial charge on any atom is -0.390 e. The molecule has 21 heavy (non-hydrogen) atoms. The largest absolute Gasteiger partial charge is 0.390 e. The first-order valence-corrected chi connectivity index (χ1v) is 8.31. The second-order valence-corrected chi connectivity index (χ2v) is 7.23. The van der Waals surface area contributed by atoms with Crippen molar-refractivity contribution in [3.63, 3.8) is 0 Å². The van der Waals surface area contributed by atoms with Crippen molar-refractivity contribution in [2.45, 2.75) is 64.5 Å². The summed E-state index contributed by atoms with van der Waals surface area (Å²) in [4.78, 5) is 6.85. The number of fused-ring (bicyclic) bond motifs is 1. The van der Waals surface area contributed by atoms with E-state index in [2.05, 4.69) is 28.9 Å². The fraction of sp³-hybridized carbons (Fsp3) is 0.875. The molecule has 2 unspecified atom stereocenters. The van der Waals surface area contributed by atoms with Gasteiger partial charge in [0, 0.05) is 25.4 Å². The highest BCUT2D eigenvalue weighted by Crippen LogP contribution is 2.39. The van der Waals surface area contributed by atoms with E-state index in [4.69, 9.17) is 4.52 Å². The lowest BCUT2D eigenvalue weighted by molar-refractivity contribution is -0.0971. The fourth-order valence-corrected chi connectivity index (χ4v) is 3.77. The predicted molar refractivity (Wildman–Crippen MR) is 79.6 cm³/mol. The van der Waals surface area contributed by atoms with E-state index in [0.29, 0.717) is 11.8 Å². The fourth-order valence-electron chi connectivity index (χ4n) is 3.77. The summed E-state index contributed by atoms with van der Waals surface area (Å²) < 4.78 is 5.31. The van der Waals surface area contributed by atoms with Gasteiger partial charge in [-0.15, -0.1) is 0 Å². The third-order valence-electron chi connectivity index (χ3n) is 4.97. The summed E-state index contributed by atoms with van der Waals surface area (Å²) in [5.41, 5.74) is -0.408. The van der Waals surface area contributed by atoms with Crippen LogP contribution in [0.4, 0.5) is 0 Å². The monoisotopic (exact) mass is 293 g/mol. The summed E-state index contributed by atoms with van der Waals surface area (Å²) >= 11 is 0. The molecule has 118 valence electrons. The first kappa shape index (κ1) is 15.0. The number of aromatic nitrogens is 2. The van der Waals surface area contributed by atoms with Gasteiger partial charge in [0.1, 0.15) is 0 Å². The lowest BCUT2D eigenvalue weighted by Gasteiger charge is -2.47. The molecule has 5 nitrogen and oxygen atoms in total. The summed E-state index contributed by atoms with van der Waals surface area (Å²) in [6.45, 7) is 6.94. The Bertz CT molecular complexity index is 474. The molecule has 2 atom stereocenters. The van der Waals surface area contributed by atoms with Crippen LogP contribution in [0.3, 0.4) is 0 Å². The summed E-state index contributed by atoms with van der Waals surface area (Å²) in [6, 6.07) is 0. The van der Waals surface area contributed by atoms with Crippen LogP contribution in [-0.4, -0.2) is 38.8 Å². The molecule has 0 radical (unpaired) electrons. The summed E-state index contributed by atoms with van der Waals surface area (Å²) in [5, 5.41) is 14.8. The van der Waals surface area contributed by atoms with Crippen LogP contribution in [0, 0.1) is 11.8 Å². The van der Waals surface area contributed by atoms with Crippen LogP contribution in [0.5, 0.6) is 0 Å². The molecule has 1 aliphatic carbocycles. The number of nitrogens with zero attached hydrogens (tertiary/aromatic N) is 3. The van der Waals surface area contributed by atoms with Crippen LogP contribution in [-0.2, 0) is 13.0 Å². The average molecular weight is 293 g/mol. The number of aliphatic hydroxyl groups is 1. The second-order valence-electron chi connectivity index (χ2n) is 7.23. The van der Waals surface area contributed by atoms with E-state index in [9.17, 15) is 5.11 Å².